The van der Waals surface area contributed by atoms with E-state index >= 15 is 0 Å². The van der Waals surface area contributed by atoms with Crippen molar-refractivity contribution in [3.8, 4) is 11.5 Å². The zero-order valence-corrected chi connectivity index (χ0v) is 15.7. The van der Waals surface area contributed by atoms with Gasteiger partial charge in [-0.1, -0.05) is 44.0 Å². The molecule has 0 aliphatic carbocycles. The molecule has 5 nitrogen and oxygen atoms in total. The molecule has 0 radical (unpaired) electrons. The molecule has 3 rings (SSSR count). The van der Waals surface area contributed by atoms with Crippen molar-refractivity contribution >= 4 is 11.8 Å². The summed E-state index contributed by atoms with van der Waals surface area (Å²) in [4.78, 5) is 24.1. The first-order valence-electron chi connectivity index (χ1n) is 9.30. The van der Waals surface area contributed by atoms with Crippen LogP contribution in [0.2, 0.25) is 0 Å². The molecular weight excluding hydrogens is 344 g/mol. The average Bonchev–Trinajstić information content (AvgIpc) is 2.67. The number of ketones is 1. The standard InChI is InChI=1S/C22H24O5/c1-3-4-5-6-15-7-9-16(10-8-15)20(23)17-11-14(2)12-18-21(17)26-13-19(27-18)22(24)25/h7-12,19H,3-6,13H2,1-2H3,(H,24,25). The second-order valence-electron chi connectivity index (χ2n) is 6.88. The van der Waals surface area contributed by atoms with Gasteiger partial charge in [-0.05, 0) is 43.0 Å². The van der Waals surface area contributed by atoms with E-state index in [2.05, 4.69) is 6.92 Å². The molecule has 0 saturated heterocycles. The summed E-state index contributed by atoms with van der Waals surface area (Å²) in [6, 6.07) is 11.1. The Labute approximate surface area is 158 Å². The summed E-state index contributed by atoms with van der Waals surface area (Å²) in [5.41, 5.74) is 3.00. The Balaban J connectivity index is 1.84. The molecule has 2 aromatic rings. The largest absolute Gasteiger partial charge is 0.484 e. The van der Waals surface area contributed by atoms with E-state index in [1.165, 1.54) is 18.4 Å². The number of benzene rings is 2. The third-order valence-corrected chi connectivity index (χ3v) is 4.65. The quantitative estimate of drug-likeness (QED) is 0.586. The van der Waals surface area contributed by atoms with Crippen LogP contribution in [0.5, 0.6) is 11.5 Å². The molecule has 0 saturated carbocycles. The fraction of sp³-hybridized carbons (Fsp3) is 0.364. The summed E-state index contributed by atoms with van der Waals surface area (Å²) in [6.07, 6.45) is 3.47. The fourth-order valence-electron chi connectivity index (χ4n) is 3.17. The maximum absolute atomic E-state index is 13.0. The number of ether oxygens (including phenoxy) is 2. The second-order valence-corrected chi connectivity index (χ2v) is 6.88. The van der Waals surface area contributed by atoms with E-state index in [1.54, 1.807) is 12.1 Å². The van der Waals surface area contributed by atoms with Crippen molar-refractivity contribution < 1.29 is 24.2 Å². The first-order valence-corrected chi connectivity index (χ1v) is 9.30. The minimum absolute atomic E-state index is 0.123. The molecule has 5 heteroatoms. The monoisotopic (exact) mass is 368 g/mol. The molecular formula is C22H24O5. The lowest BCUT2D eigenvalue weighted by atomic mass is 9.97. The van der Waals surface area contributed by atoms with Gasteiger partial charge >= 0.3 is 5.97 Å². The van der Waals surface area contributed by atoms with E-state index in [0.717, 1.165) is 18.4 Å². The SMILES string of the molecule is CCCCCc1ccc(C(=O)c2cc(C)cc3c2OCC(C(=O)O)O3)cc1. The summed E-state index contributed by atoms with van der Waals surface area (Å²) >= 11 is 0. The van der Waals surface area contributed by atoms with Crippen molar-refractivity contribution in [3.63, 3.8) is 0 Å². The number of rotatable bonds is 7. The van der Waals surface area contributed by atoms with Crippen LogP contribution in [0.1, 0.15) is 53.2 Å². The van der Waals surface area contributed by atoms with Gasteiger partial charge in [0.2, 0.25) is 6.10 Å². The van der Waals surface area contributed by atoms with Crippen molar-refractivity contribution in [2.45, 2.75) is 45.6 Å². The summed E-state index contributed by atoms with van der Waals surface area (Å²) < 4.78 is 11.1. The Hall–Kier alpha value is -2.82. The summed E-state index contributed by atoms with van der Waals surface area (Å²) in [6.45, 7) is 3.89. The van der Waals surface area contributed by atoms with E-state index in [4.69, 9.17) is 14.6 Å². The van der Waals surface area contributed by atoms with Gasteiger partial charge in [0.15, 0.2) is 17.3 Å². The fourth-order valence-corrected chi connectivity index (χ4v) is 3.17. The van der Waals surface area contributed by atoms with Gasteiger partial charge in [-0.3, -0.25) is 4.79 Å². The van der Waals surface area contributed by atoms with E-state index in [-0.39, 0.29) is 12.4 Å². The predicted molar refractivity (Wildman–Crippen MR) is 102 cm³/mol. The van der Waals surface area contributed by atoms with Crippen LogP contribution in [0.15, 0.2) is 36.4 Å². The topological polar surface area (TPSA) is 72.8 Å². The van der Waals surface area contributed by atoms with E-state index in [0.29, 0.717) is 22.6 Å². The smallest absolute Gasteiger partial charge is 0.348 e. The number of fused-ring (bicyclic) bond motifs is 1. The number of carbonyl (C=O) groups excluding carboxylic acids is 1. The molecule has 27 heavy (non-hydrogen) atoms. The Morgan fingerprint density at radius 1 is 1.15 bits per heavy atom. The molecule has 0 fully saturated rings. The Bertz CT molecular complexity index is 839. The van der Waals surface area contributed by atoms with Gasteiger partial charge in [0.25, 0.3) is 0 Å². The van der Waals surface area contributed by atoms with E-state index in [1.807, 2.05) is 31.2 Å². The third-order valence-electron chi connectivity index (χ3n) is 4.65. The highest BCUT2D eigenvalue weighted by molar-refractivity contribution is 6.11. The van der Waals surface area contributed by atoms with Crippen LogP contribution >= 0.6 is 0 Å². The summed E-state index contributed by atoms with van der Waals surface area (Å²) in [5, 5.41) is 9.12. The van der Waals surface area contributed by atoms with Crippen LogP contribution in [0, 0.1) is 6.92 Å². The average molecular weight is 368 g/mol. The van der Waals surface area contributed by atoms with Crippen molar-refractivity contribution in [3.05, 3.63) is 58.7 Å². The van der Waals surface area contributed by atoms with Gasteiger partial charge in [-0.2, -0.15) is 0 Å². The van der Waals surface area contributed by atoms with Gasteiger partial charge in [-0.15, -0.1) is 0 Å². The highest BCUT2D eigenvalue weighted by atomic mass is 16.6. The number of carboxylic acid groups (broad SMARTS) is 1. The molecule has 142 valence electrons. The molecule has 2 aromatic carbocycles. The van der Waals surface area contributed by atoms with Crippen molar-refractivity contribution in [1.82, 2.24) is 0 Å². The Kier molecular flexibility index (Phi) is 5.79. The van der Waals surface area contributed by atoms with Crippen LogP contribution in [0.4, 0.5) is 0 Å². The maximum atomic E-state index is 13.0. The predicted octanol–water partition coefficient (Wildman–Crippen LogP) is 4.18. The molecule has 1 atom stereocenters. The van der Waals surface area contributed by atoms with Crippen molar-refractivity contribution in [2.24, 2.45) is 0 Å². The molecule has 1 aliphatic heterocycles. The number of unbranched alkanes of at least 4 members (excludes halogenated alkanes) is 2. The van der Waals surface area contributed by atoms with Crippen LogP contribution in [0.3, 0.4) is 0 Å². The first-order chi connectivity index (χ1) is 13.0. The molecule has 1 aliphatic rings. The number of aliphatic carboxylic acids is 1. The van der Waals surface area contributed by atoms with Gasteiger partial charge in [0, 0.05) is 5.56 Å². The zero-order valence-electron chi connectivity index (χ0n) is 15.7. The summed E-state index contributed by atoms with van der Waals surface area (Å²) in [5.74, 6) is -0.635. The number of hydrogen-bond acceptors (Lipinski definition) is 4. The minimum Gasteiger partial charge on any atom is -0.484 e. The van der Waals surface area contributed by atoms with Crippen LogP contribution < -0.4 is 9.47 Å². The second kappa shape index (κ2) is 8.25. The highest BCUT2D eigenvalue weighted by Crippen LogP contribution is 2.37. The number of carboxylic acids is 1. The molecule has 1 unspecified atom stereocenters. The molecule has 0 amide bonds. The maximum Gasteiger partial charge on any atom is 0.348 e. The first kappa shape index (κ1) is 19.0. The van der Waals surface area contributed by atoms with Gasteiger partial charge in [-0.25, -0.2) is 4.79 Å². The van der Waals surface area contributed by atoms with E-state index in [9.17, 15) is 9.59 Å². The molecule has 1 heterocycles. The van der Waals surface area contributed by atoms with Crippen LogP contribution in [0.25, 0.3) is 0 Å². The van der Waals surface area contributed by atoms with Gasteiger partial charge < -0.3 is 14.6 Å². The number of aryl methyl sites for hydroxylation is 2. The molecule has 1 N–H and O–H groups in total. The lowest BCUT2D eigenvalue weighted by Crippen LogP contribution is -2.36. The lowest BCUT2D eigenvalue weighted by molar-refractivity contribution is -0.147. The summed E-state index contributed by atoms with van der Waals surface area (Å²) in [7, 11) is 0. The van der Waals surface area contributed by atoms with Crippen LogP contribution in [-0.4, -0.2) is 29.6 Å². The molecule has 0 aromatic heterocycles. The van der Waals surface area contributed by atoms with Crippen molar-refractivity contribution in [1.29, 1.82) is 0 Å². The van der Waals surface area contributed by atoms with Crippen molar-refractivity contribution in [2.75, 3.05) is 6.61 Å². The molecule has 0 bridgehead atoms. The normalized spacial score (nSPS) is 15.4. The number of carbonyl (C=O) groups is 2. The van der Waals surface area contributed by atoms with E-state index < -0.39 is 12.1 Å². The van der Waals surface area contributed by atoms with Gasteiger partial charge in [0.05, 0.1) is 5.56 Å². The van der Waals surface area contributed by atoms with Crippen LogP contribution in [-0.2, 0) is 11.2 Å². The Morgan fingerprint density at radius 2 is 1.89 bits per heavy atom. The molecule has 0 spiro atoms. The minimum atomic E-state index is -1.09. The van der Waals surface area contributed by atoms with Gasteiger partial charge in [0.1, 0.15) is 6.61 Å². The number of hydrogen-bond donors (Lipinski definition) is 1. The highest BCUT2D eigenvalue weighted by Gasteiger charge is 2.30. The Morgan fingerprint density at radius 3 is 2.56 bits per heavy atom. The zero-order chi connectivity index (χ0) is 19.4. The lowest BCUT2D eigenvalue weighted by Gasteiger charge is -2.25. The third kappa shape index (κ3) is 4.30.